The second-order valence-electron chi connectivity index (χ2n) is 10.2. The fraction of sp³-hybridized carbons (Fsp3) is 0.382. The van der Waals surface area contributed by atoms with Crippen LogP contribution in [0.4, 0.5) is 0 Å². The van der Waals surface area contributed by atoms with Crippen molar-refractivity contribution in [3.8, 4) is 17.2 Å². The first-order valence-electron chi connectivity index (χ1n) is 14.6. The minimum atomic E-state index is -0.386. The maximum Gasteiger partial charge on any atom is 0.266 e. The molecule has 0 radical (unpaired) electrons. The van der Waals surface area contributed by atoms with Gasteiger partial charge in [0.05, 0.1) is 36.9 Å². The van der Waals surface area contributed by atoms with Gasteiger partial charge in [-0.2, -0.15) is 0 Å². The largest absolute Gasteiger partial charge is 0.493 e. The molecular weight excluding hydrogens is 514 g/mol. The van der Waals surface area contributed by atoms with Gasteiger partial charge >= 0.3 is 0 Å². The minimum absolute atomic E-state index is 0.0643. The van der Waals surface area contributed by atoms with E-state index >= 15 is 0 Å². The number of hydrogen-bond donors (Lipinski definition) is 0. The molecule has 3 aromatic carbocycles. The van der Waals surface area contributed by atoms with Crippen molar-refractivity contribution in [2.45, 2.75) is 65.3 Å². The van der Waals surface area contributed by atoms with E-state index in [2.05, 4.69) is 13.8 Å². The van der Waals surface area contributed by atoms with Crippen LogP contribution in [0.15, 0.2) is 71.5 Å². The number of rotatable bonds is 13. The molecule has 0 saturated heterocycles. The van der Waals surface area contributed by atoms with Crippen molar-refractivity contribution in [1.29, 1.82) is 0 Å². The number of hydrogen-bond acceptors (Lipinski definition) is 5. The van der Waals surface area contributed by atoms with E-state index in [1.165, 1.54) is 5.56 Å². The lowest BCUT2D eigenvalue weighted by atomic mass is 10.1. The number of fused-ring (bicyclic) bond motifs is 1. The van der Waals surface area contributed by atoms with E-state index in [0.29, 0.717) is 54.0 Å². The molecule has 0 saturated carbocycles. The summed E-state index contributed by atoms with van der Waals surface area (Å²) in [6.45, 7) is 6.72. The molecule has 1 unspecified atom stereocenters. The summed E-state index contributed by atoms with van der Waals surface area (Å²) >= 11 is 0. The molecular formula is C34H41N3O4. The van der Waals surface area contributed by atoms with Gasteiger partial charge in [-0.3, -0.25) is 14.2 Å². The lowest BCUT2D eigenvalue weighted by Gasteiger charge is -2.33. The Hall–Kier alpha value is -4.13. The van der Waals surface area contributed by atoms with E-state index in [1.54, 1.807) is 18.8 Å². The molecule has 0 aliphatic heterocycles. The van der Waals surface area contributed by atoms with Crippen LogP contribution in [0.25, 0.3) is 16.6 Å². The number of carbonyl (C=O) groups excluding carboxylic acids is 1. The van der Waals surface area contributed by atoms with Crippen molar-refractivity contribution < 1.29 is 14.3 Å². The number of ether oxygens (including phenoxy) is 2. The van der Waals surface area contributed by atoms with Gasteiger partial charge in [-0.05, 0) is 73.2 Å². The Labute approximate surface area is 242 Å². The highest BCUT2D eigenvalue weighted by Gasteiger charge is 2.29. The molecule has 4 rings (SSSR count). The summed E-state index contributed by atoms with van der Waals surface area (Å²) in [5, 5.41) is 0.555. The summed E-state index contributed by atoms with van der Waals surface area (Å²) < 4.78 is 12.6. The predicted octanol–water partition coefficient (Wildman–Crippen LogP) is 6.68. The van der Waals surface area contributed by atoms with Crippen molar-refractivity contribution in [2.24, 2.45) is 0 Å². The maximum atomic E-state index is 14.0. The number of aromatic nitrogens is 2. The highest BCUT2D eigenvalue weighted by molar-refractivity contribution is 5.79. The molecule has 7 heteroatoms. The molecule has 1 heterocycles. The van der Waals surface area contributed by atoms with Crippen LogP contribution in [0.1, 0.15) is 69.4 Å². The molecule has 0 aliphatic carbocycles. The Bertz CT molecular complexity index is 1530. The van der Waals surface area contributed by atoms with E-state index in [0.717, 1.165) is 30.5 Å². The average Bonchev–Trinajstić information content (AvgIpc) is 3.01. The number of para-hydroxylation sites is 1. The van der Waals surface area contributed by atoms with Crippen molar-refractivity contribution in [2.75, 3.05) is 20.8 Å². The second kappa shape index (κ2) is 14.0. The fourth-order valence-corrected chi connectivity index (χ4v) is 5.26. The zero-order valence-electron chi connectivity index (χ0n) is 24.9. The second-order valence-corrected chi connectivity index (χ2v) is 10.2. The molecule has 0 aliphatic rings. The summed E-state index contributed by atoms with van der Waals surface area (Å²) in [4.78, 5) is 34.7. The van der Waals surface area contributed by atoms with Crippen LogP contribution in [-0.4, -0.2) is 41.1 Å². The third-order valence-corrected chi connectivity index (χ3v) is 7.62. The number of carbonyl (C=O) groups is 1. The minimum Gasteiger partial charge on any atom is -0.493 e. The third kappa shape index (κ3) is 6.62. The topological polar surface area (TPSA) is 73.7 Å². The maximum absolute atomic E-state index is 14.0. The molecule has 0 fully saturated rings. The fourth-order valence-electron chi connectivity index (χ4n) is 5.26. The number of benzene rings is 3. The SMILES string of the molecule is CCCCC(=O)N(CCc1ccc(OC)c(OC)c1)C(CC)c1nc2ccccc2c(=O)n1-c1ccc(CC)cc1. The van der Waals surface area contributed by atoms with E-state index in [1.807, 2.05) is 78.6 Å². The van der Waals surface area contributed by atoms with Crippen LogP contribution in [0, 0.1) is 0 Å². The summed E-state index contributed by atoms with van der Waals surface area (Å²) in [6.07, 6.45) is 4.32. The summed E-state index contributed by atoms with van der Waals surface area (Å²) in [5.74, 6) is 1.96. The lowest BCUT2D eigenvalue weighted by Crippen LogP contribution is -2.39. The molecule has 0 N–H and O–H groups in total. The first kappa shape index (κ1) is 29.8. The van der Waals surface area contributed by atoms with Gasteiger partial charge in [-0.15, -0.1) is 0 Å². The number of methoxy groups -OCH3 is 2. The van der Waals surface area contributed by atoms with Gasteiger partial charge in [-0.25, -0.2) is 4.98 Å². The quantitative estimate of drug-likeness (QED) is 0.184. The first-order valence-corrected chi connectivity index (χ1v) is 14.6. The van der Waals surface area contributed by atoms with Crippen molar-refractivity contribution in [3.63, 3.8) is 0 Å². The molecule has 1 atom stereocenters. The number of amides is 1. The van der Waals surface area contributed by atoms with Crippen molar-refractivity contribution in [1.82, 2.24) is 14.5 Å². The lowest BCUT2D eigenvalue weighted by molar-refractivity contribution is -0.134. The van der Waals surface area contributed by atoms with Crippen LogP contribution in [0.5, 0.6) is 11.5 Å². The number of unbranched alkanes of at least 4 members (excludes halogenated alkanes) is 1. The molecule has 1 aromatic heterocycles. The highest BCUT2D eigenvalue weighted by Crippen LogP contribution is 2.30. The van der Waals surface area contributed by atoms with Crippen molar-refractivity contribution in [3.05, 3.63) is 94.0 Å². The first-order chi connectivity index (χ1) is 19.9. The Morgan fingerprint density at radius 3 is 2.29 bits per heavy atom. The van der Waals surface area contributed by atoms with Gasteiger partial charge < -0.3 is 14.4 Å². The van der Waals surface area contributed by atoms with Gasteiger partial charge in [0.25, 0.3) is 5.56 Å². The smallest absolute Gasteiger partial charge is 0.266 e. The summed E-state index contributed by atoms with van der Waals surface area (Å²) in [5.41, 5.74) is 3.47. The van der Waals surface area contributed by atoms with E-state index < -0.39 is 0 Å². The normalized spacial score (nSPS) is 11.8. The van der Waals surface area contributed by atoms with E-state index in [-0.39, 0.29) is 17.5 Å². The molecule has 4 aromatic rings. The average molecular weight is 556 g/mol. The number of aryl methyl sites for hydroxylation is 1. The van der Waals surface area contributed by atoms with Gasteiger partial charge in [0.2, 0.25) is 5.91 Å². The van der Waals surface area contributed by atoms with Crippen LogP contribution in [-0.2, 0) is 17.6 Å². The Balaban J connectivity index is 1.82. The molecule has 0 spiro atoms. The molecule has 0 bridgehead atoms. The van der Waals surface area contributed by atoms with E-state index in [4.69, 9.17) is 14.5 Å². The molecule has 1 amide bonds. The molecule has 7 nitrogen and oxygen atoms in total. The van der Waals surface area contributed by atoms with Crippen LogP contribution in [0.2, 0.25) is 0 Å². The molecule has 216 valence electrons. The summed E-state index contributed by atoms with van der Waals surface area (Å²) in [7, 11) is 3.23. The van der Waals surface area contributed by atoms with Crippen LogP contribution >= 0.6 is 0 Å². The summed E-state index contributed by atoms with van der Waals surface area (Å²) in [6, 6.07) is 20.9. The Morgan fingerprint density at radius 1 is 0.927 bits per heavy atom. The van der Waals surface area contributed by atoms with Crippen LogP contribution < -0.4 is 15.0 Å². The van der Waals surface area contributed by atoms with E-state index in [9.17, 15) is 9.59 Å². The zero-order valence-corrected chi connectivity index (χ0v) is 24.9. The standard InChI is InChI=1S/C34H41N3O4/c1-6-9-14-32(38)36(22-21-25-17-20-30(40-4)31(23-25)41-5)29(8-3)33-35-28-13-11-10-12-27(28)34(39)37(33)26-18-15-24(7-2)16-19-26/h10-13,15-20,23,29H,6-9,14,21-22H2,1-5H3. The van der Waals surface area contributed by atoms with Crippen molar-refractivity contribution >= 4 is 16.8 Å². The zero-order chi connectivity index (χ0) is 29.4. The Morgan fingerprint density at radius 2 is 1.63 bits per heavy atom. The Kier molecular flexibility index (Phi) is 10.2. The molecule has 41 heavy (non-hydrogen) atoms. The number of nitrogens with zero attached hydrogens (tertiary/aromatic N) is 3. The third-order valence-electron chi connectivity index (χ3n) is 7.62. The van der Waals surface area contributed by atoms with Gasteiger partial charge in [0.1, 0.15) is 5.82 Å². The monoisotopic (exact) mass is 555 g/mol. The van der Waals surface area contributed by atoms with Gasteiger partial charge in [0, 0.05) is 13.0 Å². The highest BCUT2D eigenvalue weighted by atomic mass is 16.5. The van der Waals surface area contributed by atoms with Gasteiger partial charge in [-0.1, -0.05) is 57.5 Å². The van der Waals surface area contributed by atoms with Crippen LogP contribution in [0.3, 0.4) is 0 Å². The predicted molar refractivity (Wildman–Crippen MR) is 164 cm³/mol. The van der Waals surface area contributed by atoms with Gasteiger partial charge in [0.15, 0.2) is 11.5 Å².